The Morgan fingerprint density at radius 2 is 1.89 bits per heavy atom. The maximum atomic E-state index is 8.91. The minimum Gasteiger partial charge on any atom is -0.497 e. The van der Waals surface area contributed by atoms with Crippen molar-refractivity contribution in [2.75, 3.05) is 13.7 Å². The molecule has 1 aromatic carbocycles. The summed E-state index contributed by atoms with van der Waals surface area (Å²) >= 11 is 0. The summed E-state index contributed by atoms with van der Waals surface area (Å²) in [4.78, 5) is 0. The van der Waals surface area contributed by atoms with Crippen molar-refractivity contribution in [3.8, 4) is 17.6 Å². The largest absolute Gasteiger partial charge is 0.497 e. The van der Waals surface area contributed by atoms with Gasteiger partial charge in [0.2, 0.25) is 0 Å². The maximum Gasteiger partial charge on any atom is 0.135 e. The number of hydrogen-bond acceptors (Lipinski definition) is 4. The van der Waals surface area contributed by atoms with Crippen molar-refractivity contribution < 1.29 is 9.47 Å². The quantitative estimate of drug-likeness (QED) is 0.905. The maximum absolute atomic E-state index is 8.91. The van der Waals surface area contributed by atoms with Crippen LogP contribution in [0.1, 0.15) is 33.3 Å². The summed E-state index contributed by atoms with van der Waals surface area (Å²) in [5.74, 6) is 1.52. The second-order valence-electron chi connectivity index (χ2n) is 5.93. The zero-order valence-corrected chi connectivity index (χ0v) is 12.3. The van der Waals surface area contributed by atoms with Crippen molar-refractivity contribution in [3.63, 3.8) is 0 Å². The van der Waals surface area contributed by atoms with Gasteiger partial charge in [-0.2, -0.15) is 5.26 Å². The van der Waals surface area contributed by atoms with E-state index in [1.54, 1.807) is 14.0 Å². The molecule has 1 rings (SSSR count). The van der Waals surface area contributed by atoms with Crippen molar-refractivity contribution in [3.05, 3.63) is 23.8 Å². The first-order valence-electron chi connectivity index (χ1n) is 6.21. The molecule has 0 saturated heterocycles. The highest BCUT2D eigenvalue weighted by molar-refractivity contribution is 5.44. The van der Waals surface area contributed by atoms with Gasteiger partial charge in [-0.15, -0.1) is 0 Å². The van der Waals surface area contributed by atoms with Gasteiger partial charge in [0.1, 0.15) is 23.6 Å². The number of methoxy groups -OCH3 is 1. The summed E-state index contributed by atoms with van der Waals surface area (Å²) in [5, 5.41) is 8.91. The van der Waals surface area contributed by atoms with E-state index in [0.717, 1.165) is 17.1 Å². The number of nitrogens with two attached hydrogens (primary N) is 1. The predicted molar refractivity (Wildman–Crippen MR) is 75.4 cm³/mol. The Bertz CT molecular complexity index is 482. The molecule has 0 heterocycles. The van der Waals surface area contributed by atoms with Gasteiger partial charge < -0.3 is 15.2 Å². The van der Waals surface area contributed by atoms with Crippen LogP contribution in [0.4, 0.5) is 0 Å². The normalized spacial score (nSPS) is 14.4. The first-order chi connectivity index (χ1) is 8.69. The Labute approximate surface area is 115 Å². The molecular weight excluding hydrogens is 240 g/mol. The molecule has 4 nitrogen and oxygen atoms in total. The molecule has 0 spiro atoms. The fourth-order valence-electron chi connectivity index (χ4n) is 1.61. The van der Waals surface area contributed by atoms with E-state index in [2.05, 4.69) is 20.8 Å². The zero-order chi connectivity index (χ0) is 14.7. The summed E-state index contributed by atoms with van der Waals surface area (Å²) < 4.78 is 11.0. The van der Waals surface area contributed by atoms with Gasteiger partial charge in [0, 0.05) is 5.56 Å². The molecule has 2 N–H and O–H groups in total. The van der Waals surface area contributed by atoms with Gasteiger partial charge in [-0.3, -0.25) is 0 Å². The molecule has 104 valence electrons. The third-order valence-corrected chi connectivity index (χ3v) is 2.78. The Morgan fingerprint density at radius 3 is 2.37 bits per heavy atom. The first-order valence-corrected chi connectivity index (χ1v) is 6.21. The van der Waals surface area contributed by atoms with Gasteiger partial charge in [0.15, 0.2) is 0 Å². The Kier molecular flexibility index (Phi) is 4.43. The van der Waals surface area contributed by atoms with Gasteiger partial charge in [0.25, 0.3) is 0 Å². The monoisotopic (exact) mass is 262 g/mol. The van der Waals surface area contributed by atoms with Crippen LogP contribution in [0.3, 0.4) is 0 Å². The fraction of sp³-hybridized carbons (Fsp3) is 0.533. The van der Waals surface area contributed by atoms with E-state index in [1.807, 2.05) is 24.3 Å². The molecular formula is C15H22N2O2. The number of nitriles is 1. The Balaban J connectivity index is 3.04. The van der Waals surface area contributed by atoms with Crippen LogP contribution in [0.5, 0.6) is 11.5 Å². The van der Waals surface area contributed by atoms with Gasteiger partial charge in [-0.1, -0.05) is 20.8 Å². The smallest absolute Gasteiger partial charge is 0.135 e. The average molecular weight is 262 g/mol. The van der Waals surface area contributed by atoms with E-state index < -0.39 is 5.54 Å². The third kappa shape index (κ3) is 4.15. The zero-order valence-electron chi connectivity index (χ0n) is 12.3. The van der Waals surface area contributed by atoms with Gasteiger partial charge in [-0.25, -0.2) is 0 Å². The van der Waals surface area contributed by atoms with Crippen molar-refractivity contribution in [2.24, 2.45) is 5.73 Å². The summed E-state index contributed by atoms with van der Waals surface area (Å²) in [6.07, 6.45) is 0. The average Bonchev–Trinajstić information content (AvgIpc) is 2.35. The predicted octanol–water partition coefficient (Wildman–Crippen LogP) is 2.61. The summed E-state index contributed by atoms with van der Waals surface area (Å²) in [7, 11) is 1.63. The lowest BCUT2D eigenvalue weighted by Crippen LogP contribution is -2.40. The van der Waals surface area contributed by atoms with E-state index in [-0.39, 0.29) is 12.0 Å². The lowest BCUT2D eigenvalue weighted by molar-refractivity contribution is 0.258. The van der Waals surface area contributed by atoms with Crippen LogP contribution >= 0.6 is 0 Å². The van der Waals surface area contributed by atoms with Crippen molar-refractivity contribution in [1.29, 1.82) is 5.26 Å². The van der Waals surface area contributed by atoms with Crippen LogP contribution in [-0.2, 0) is 5.41 Å². The van der Waals surface area contributed by atoms with Crippen molar-refractivity contribution in [1.82, 2.24) is 0 Å². The second-order valence-corrected chi connectivity index (χ2v) is 5.93. The van der Waals surface area contributed by atoms with Crippen LogP contribution < -0.4 is 15.2 Å². The van der Waals surface area contributed by atoms with Gasteiger partial charge in [0.05, 0.1) is 13.2 Å². The number of hydrogen-bond donors (Lipinski definition) is 1. The van der Waals surface area contributed by atoms with Gasteiger partial charge in [-0.05, 0) is 30.5 Å². The molecule has 19 heavy (non-hydrogen) atoms. The Morgan fingerprint density at radius 1 is 1.26 bits per heavy atom. The van der Waals surface area contributed by atoms with E-state index in [9.17, 15) is 0 Å². The first kappa shape index (κ1) is 15.3. The molecule has 4 heteroatoms. The van der Waals surface area contributed by atoms with Gasteiger partial charge >= 0.3 is 0 Å². The Hall–Kier alpha value is -1.73. The topological polar surface area (TPSA) is 68.3 Å². The van der Waals surface area contributed by atoms with Crippen LogP contribution in [-0.4, -0.2) is 19.3 Å². The number of benzene rings is 1. The molecule has 0 amide bonds. The fourth-order valence-corrected chi connectivity index (χ4v) is 1.61. The van der Waals surface area contributed by atoms with Crippen molar-refractivity contribution in [2.45, 2.75) is 38.6 Å². The molecule has 0 aromatic heterocycles. The van der Waals surface area contributed by atoms with Crippen LogP contribution in [0.2, 0.25) is 0 Å². The molecule has 1 aromatic rings. The van der Waals surface area contributed by atoms with E-state index in [4.69, 9.17) is 20.5 Å². The van der Waals surface area contributed by atoms with Crippen molar-refractivity contribution >= 4 is 0 Å². The molecule has 0 fully saturated rings. The lowest BCUT2D eigenvalue weighted by atomic mass is 9.86. The minimum atomic E-state index is -0.991. The molecule has 0 aliphatic rings. The number of ether oxygens (including phenoxy) is 2. The summed E-state index contributed by atoms with van der Waals surface area (Å²) in [6, 6.07) is 7.67. The van der Waals surface area contributed by atoms with Crippen LogP contribution in [0, 0.1) is 11.3 Å². The standard InChI is InChI=1S/C15H22N2O2/c1-14(2,3)12-8-11(18-5)6-7-13(12)19-10-15(4,17)9-16/h6-8H,10,17H2,1-5H3. The third-order valence-electron chi connectivity index (χ3n) is 2.78. The molecule has 0 bridgehead atoms. The van der Waals surface area contributed by atoms with E-state index in [1.165, 1.54) is 0 Å². The minimum absolute atomic E-state index is 0.0818. The summed E-state index contributed by atoms with van der Waals surface area (Å²) in [5.41, 5.74) is 5.72. The highest BCUT2D eigenvalue weighted by atomic mass is 16.5. The number of rotatable bonds is 4. The lowest BCUT2D eigenvalue weighted by Gasteiger charge is -2.25. The molecule has 0 aliphatic heterocycles. The second kappa shape index (κ2) is 5.50. The SMILES string of the molecule is COc1ccc(OCC(C)(N)C#N)c(C(C)(C)C)c1. The molecule has 0 radical (unpaired) electrons. The number of nitrogens with zero attached hydrogens (tertiary/aromatic N) is 1. The van der Waals surface area contributed by atoms with Crippen LogP contribution in [0.15, 0.2) is 18.2 Å². The molecule has 1 atom stereocenters. The highest BCUT2D eigenvalue weighted by Crippen LogP contribution is 2.34. The summed E-state index contributed by atoms with van der Waals surface area (Å²) in [6.45, 7) is 8.09. The van der Waals surface area contributed by atoms with E-state index >= 15 is 0 Å². The molecule has 1 unspecified atom stereocenters. The molecule has 0 saturated carbocycles. The molecule has 0 aliphatic carbocycles. The highest BCUT2D eigenvalue weighted by Gasteiger charge is 2.23. The van der Waals surface area contributed by atoms with E-state index in [0.29, 0.717) is 0 Å². The van der Waals surface area contributed by atoms with Crippen LogP contribution in [0.25, 0.3) is 0 Å².